The molecule has 1 saturated heterocycles. The SMILES string of the molecule is C=CCN1C(=O)/C(=C/c2ccc(OCc3ccc(Cl)cc3Cl)c(I)c2)C(=O)NC1=S. The molecule has 3 rings (SSSR count). The summed E-state index contributed by atoms with van der Waals surface area (Å²) >= 11 is 19.3. The second kappa shape index (κ2) is 9.91. The second-order valence-corrected chi connectivity index (χ2v) is 8.63. The van der Waals surface area contributed by atoms with E-state index >= 15 is 0 Å². The molecular formula is C21H15Cl2IN2O3S. The molecular weight excluding hydrogens is 558 g/mol. The van der Waals surface area contributed by atoms with E-state index in [0.717, 1.165) is 9.13 Å². The van der Waals surface area contributed by atoms with E-state index < -0.39 is 11.8 Å². The minimum absolute atomic E-state index is 0.00265. The fraction of sp³-hybridized carbons (Fsp3) is 0.0952. The Hall–Kier alpha value is -1.94. The Labute approximate surface area is 202 Å². The van der Waals surface area contributed by atoms with Crippen molar-refractivity contribution in [1.29, 1.82) is 0 Å². The van der Waals surface area contributed by atoms with E-state index in [1.165, 1.54) is 11.0 Å². The van der Waals surface area contributed by atoms with Crippen molar-refractivity contribution >= 4 is 81.0 Å². The number of hydrogen-bond acceptors (Lipinski definition) is 4. The van der Waals surface area contributed by atoms with Gasteiger partial charge >= 0.3 is 0 Å². The van der Waals surface area contributed by atoms with Crippen LogP contribution in [0.2, 0.25) is 10.0 Å². The second-order valence-electron chi connectivity index (χ2n) is 6.24. The van der Waals surface area contributed by atoms with Gasteiger partial charge in [0.25, 0.3) is 11.8 Å². The first-order valence-corrected chi connectivity index (χ1v) is 10.9. The predicted molar refractivity (Wildman–Crippen MR) is 131 cm³/mol. The maximum atomic E-state index is 12.6. The van der Waals surface area contributed by atoms with Gasteiger partial charge in [0.1, 0.15) is 17.9 Å². The van der Waals surface area contributed by atoms with Crippen LogP contribution < -0.4 is 10.1 Å². The van der Waals surface area contributed by atoms with Gasteiger partial charge in [0, 0.05) is 22.2 Å². The summed E-state index contributed by atoms with van der Waals surface area (Å²) in [7, 11) is 0. The zero-order valence-electron chi connectivity index (χ0n) is 15.5. The minimum atomic E-state index is -0.530. The summed E-state index contributed by atoms with van der Waals surface area (Å²) < 4.78 is 6.67. The number of carbonyl (C=O) groups excluding carboxylic acids is 2. The van der Waals surface area contributed by atoms with Gasteiger partial charge in [-0.2, -0.15) is 0 Å². The summed E-state index contributed by atoms with van der Waals surface area (Å²) in [6.07, 6.45) is 3.07. The topological polar surface area (TPSA) is 58.6 Å². The first-order chi connectivity index (χ1) is 14.3. The number of benzene rings is 2. The van der Waals surface area contributed by atoms with Crippen LogP contribution in [0.4, 0.5) is 0 Å². The summed E-state index contributed by atoms with van der Waals surface area (Å²) in [6, 6.07) is 10.6. The maximum absolute atomic E-state index is 12.6. The number of halogens is 3. The molecule has 1 N–H and O–H groups in total. The van der Waals surface area contributed by atoms with Crippen LogP contribution in [0.3, 0.4) is 0 Å². The first kappa shape index (κ1) is 22.7. The molecule has 0 saturated carbocycles. The van der Waals surface area contributed by atoms with Crippen LogP contribution in [0.1, 0.15) is 11.1 Å². The van der Waals surface area contributed by atoms with E-state index in [1.54, 1.807) is 30.3 Å². The molecule has 5 nitrogen and oxygen atoms in total. The van der Waals surface area contributed by atoms with Crippen molar-refractivity contribution in [2.75, 3.05) is 6.54 Å². The number of rotatable bonds is 6. The van der Waals surface area contributed by atoms with Gasteiger partial charge in [0.05, 0.1) is 3.57 Å². The van der Waals surface area contributed by atoms with Crippen molar-refractivity contribution in [2.24, 2.45) is 0 Å². The highest BCUT2D eigenvalue weighted by atomic mass is 127. The van der Waals surface area contributed by atoms with Gasteiger partial charge in [-0.3, -0.25) is 19.8 Å². The molecule has 30 heavy (non-hydrogen) atoms. The average molecular weight is 573 g/mol. The molecule has 0 radical (unpaired) electrons. The lowest BCUT2D eigenvalue weighted by Gasteiger charge is -2.27. The molecule has 0 aromatic heterocycles. The molecule has 0 bridgehead atoms. The van der Waals surface area contributed by atoms with Crippen LogP contribution in [0.25, 0.3) is 6.08 Å². The number of nitrogens with one attached hydrogen (secondary N) is 1. The molecule has 1 aliphatic rings. The molecule has 1 heterocycles. The van der Waals surface area contributed by atoms with Gasteiger partial charge in [-0.15, -0.1) is 6.58 Å². The fourth-order valence-electron chi connectivity index (χ4n) is 2.67. The van der Waals surface area contributed by atoms with Crippen molar-refractivity contribution in [3.05, 3.63) is 79.4 Å². The van der Waals surface area contributed by atoms with Crippen LogP contribution in [-0.2, 0) is 16.2 Å². The zero-order valence-corrected chi connectivity index (χ0v) is 19.9. The predicted octanol–water partition coefficient (Wildman–Crippen LogP) is 4.99. The summed E-state index contributed by atoms with van der Waals surface area (Å²) in [4.78, 5) is 26.2. The number of thiocarbonyl (C=S) groups is 1. The highest BCUT2D eigenvalue weighted by Gasteiger charge is 2.32. The molecule has 2 amide bonds. The van der Waals surface area contributed by atoms with Crippen LogP contribution in [0.15, 0.2) is 54.6 Å². The normalized spacial score (nSPS) is 15.4. The molecule has 9 heteroatoms. The zero-order chi connectivity index (χ0) is 21.8. The van der Waals surface area contributed by atoms with Gasteiger partial charge in [0.2, 0.25) is 0 Å². The van der Waals surface area contributed by atoms with Crippen molar-refractivity contribution in [1.82, 2.24) is 10.2 Å². The van der Waals surface area contributed by atoms with Crippen molar-refractivity contribution < 1.29 is 14.3 Å². The molecule has 0 atom stereocenters. The third-order valence-corrected chi connectivity index (χ3v) is 5.92. The highest BCUT2D eigenvalue weighted by molar-refractivity contribution is 14.1. The molecule has 0 spiro atoms. The molecule has 154 valence electrons. The van der Waals surface area contributed by atoms with Gasteiger partial charge in [-0.05, 0) is 70.7 Å². The molecule has 1 fully saturated rings. The Kier molecular flexibility index (Phi) is 7.51. The van der Waals surface area contributed by atoms with E-state index in [-0.39, 0.29) is 23.8 Å². The number of carbonyl (C=O) groups is 2. The third-order valence-electron chi connectivity index (χ3n) is 4.16. The van der Waals surface area contributed by atoms with Crippen LogP contribution in [-0.4, -0.2) is 28.4 Å². The van der Waals surface area contributed by atoms with Crippen molar-refractivity contribution in [3.8, 4) is 5.75 Å². The minimum Gasteiger partial charge on any atom is -0.488 e. The number of amides is 2. The summed E-state index contributed by atoms with van der Waals surface area (Å²) in [5.74, 6) is -0.341. The summed E-state index contributed by atoms with van der Waals surface area (Å²) in [5.41, 5.74) is 1.50. The van der Waals surface area contributed by atoms with Crippen molar-refractivity contribution in [2.45, 2.75) is 6.61 Å². The Morgan fingerprint density at radius 3 is 2.63 bits per heavy atom. The Morgan fingerprint density at radius 2 is 1.97 bits per heavy atom. The average Bonchev–Trinajstić information content (AvgIpc) is 2.69. The van der Waals surface area contributed by atoms with E-state index in [9.17, 15) is 9.59 Å². The van der Waals surface area contributed by atoms with Crippen molar-refractivity contribution in [3.63, 3.8) is 0 Å². The van der Waals surface area contributed by atoms with Gasteiger partial charge in [-0.25, -0.2) is 0 Å². The first-order valence-electron chi connectivity index (χ1n) is 8.66. The van der Waals surface area contributed by atoms with E-state index in [0.29, 0.717) is 21.4 Å². The number of nitrogens with zero attached hydrogens (tertiary/aromatic N) is 1. The molecule has 2 aromatic rings. The standard InChI is InChI=1S/C21H15Cl2IN2O3S/c1-2-7-26-20(28)15(19(27)25-21(26)30)8-12-3-6-18(17(24)9-12)29-11-13-4-5-14(22)10-16(13)23/h2-6,8-10H,1,7,11H2,(H,25,27,30)/b15-8+. The quantitative estimate of drug-likeness (QED) is 0.174. The van der Waals surface area contributed by atoms with Gasteiger partial charge < -0.3 is 4.74 Å². The lowest BCUT2D eigenvalue weighted by Crippen LogP contribution is -2.53. The van der Waals surface area contributed by atoms with Crippen LogP contribution in [0.5, 0.6) is 5.75 Å². The number of hydrogen-bond donors (Lipinski definition) is 1. The fourth-order valence-corrected chi connectivity index (χ4v) is 4.08. The Balaban J connectivity index is 1.78. The van der Waals surface area contributed by atoms with E-state index in [1.807, 2.05) is 12.1 Å². The van der Waals surface area contributed by atoms with Crippen LogP contribution in [0, 0.1) is 3.57 Å². The summed E-state index contributed by atoms with van der Waals surface area (Å²) in [6.45, 7) is 4.10. The van der Waals surface area contributed by atoms with Gasteiger partial charge in [0.15, 0.2) is 5.11 Å². The molecule has 2 aromatic carbocycles. The van der Waals surface area contributed by atoms with Gasteiger partial charge in [-0.1, -0.05) is 41.4 Å². The largest absolute Gasteiger partial charge is 0.488 e. The Morgan fingerprint density at radius 1 is 1.20 bits per heavy atom. The monoisotopic (exact) mass is 572 g/mol. The van der Waals surface area contributed by atoms with E-state index in [4.69, 9.17) is 40.2 Å². The smallest absolute Gasteiger partial charge is 0.265 e. The highest BCUT2D eigenvalue weighted by Crippen LogP contribution is 2.27. The van der Waals surface area contributed by atoms with Crippen LogP contribution >= 0.6 is 58.0 Å². The lowest BCUT2D eigenvalue weighted by molar-refractivity contribution is -0.128. The molecule has 1 aliphatic heterocycles. The molecule has 0 aliphatic carbocycles. The lowest BCUT2D eigenvalue weighted by atomic mass is 10.1. The maximum Gasteiger partial charge on any atom is 0.265 e. The number of ether oxygens (including phenoxy) is 1. The third kappa shape index (κ3) is 5.21. The Bertz CT molecular complexity index is 1090. The van der Waals surface area contributed by atoms with E-state index in [2.05, 4.69) is 34.5 Å². The summed E-state index contributed by atoms with van der Waals surface area (Å²) in [5, 5.41) is 3.68. The molecule has 0 unspecified atom stereocenters.